The van der Waals surface area contributed by atoms with Crippen LogP contribution in [0.2, 0.25) is 10.0 Å². The number of aromatic nitrogens is 2. The van der Waals surface area contributed by atoms with E-state index >= 15 is 0 Å². The molecule has 0 bridgehead atoms. The van der Waals surface area contributed by atoms with E-state index in [1.165, 1.54) is 12.3 Å². The second-order valence-corrected chi connectivity index (χ2v) is 8.80. The summed E-state index contributed by atoms with van der Waals surface area (Å²) in [5.74, 6) is -0.264. The lowest BCUT2D eigenvalue weighted by Gasteiger charge is -2.27. The number of nitrogens with zero attached hydrogens (tertiary/aromatic N) is 2. The zero-order valence-corrected chi connectivity index (χ0v) is 19.1. The normalized spacial score (nSPS) is 18.1. The van der Waals surface area contributed by atoms with Crippen molar-refractivity contribution in [3.63, 3.8) is 0 Å². The summed E-state index contributed by atoms with van der Waals surface area (Å²) < 4.78 is 13.1. The number of hydrogen-bond acceptors (Lipinski definition) is 5. The summed E-state index contributed by atoms with van der Waals surface area (Å²) in [7, 11) is 0. The van der Waals surface area contributed by atoms with Crippen molar-refractivity contribution in [2.75, 3.05) is 0 Å². The van der Waals surface area contributed by atoms with Gasteiger partial charge in [0, 0.05) is 22.2 Å². The van der Waals surface area contributed by atoms with Crippen LogP contribution in [0.25, 0.3) is 0 Å². The van der Waals surface area contributed by atoms with Crippen LogP contribution in [0.5, 0.6) is 11.5 Å². The number of carbonyl (C=O) groups is 2. The Balaban J connectivity index is 1.29. The topological polar surface area (TPSA) is 90.7 Å². The maximum Gasteiger partial charge on any atom is 0.356 e. The molecule has 1 aliphatic carbocycles. The Labute approximate surface area is 200 Å². The molecule has 4 rings (SSSR count). The van der Waals surface area contributed by atoms with Gasteiger partial charge in [0.25, 0.3) is 0 Å². The summed E-state index contributed by atoms with van der Waals surface area (Å²) >= 11 is 12.2. The number of benzene rings is 2. The fourth-order valence-corrected chi connectivity index (χ4v) is 4.21. The van der Waals surface area contributed by atoms with Crippen LogP contribution in [-0.2, 0) is 11.3 Å². The summed E-state index contributed by atoms with van der Waals surface area (Å²) in [5.41, 5.74) is 0.753. The minimum Gasteiger partial charge on any atom is -0.476 e. The Kier molecular flexibility index (Phi) is 7.33. The summed E-state index contributed by atoms with van der Waals surface area (Å²) in [4.78, 5) is 23.6. The van der Waals surface area contributed by atoms with Crippen LogP contribution in [0, 0.1) is 5.92 Å². The van der Waals surface area contributed by atoms with E-state index in [-0.39, 0.29) is 23.6 Å². The zero-order valence-electron chi connectivity index (χ0n) is 17.6. The summed E-state index contributed by atoms with van der Waals surface area (Å²) in [6.07, 6.45) is 4.22. The Morgan fingerprint density at radius 1 is 0.970 bits per heavy atom. The minimum absolute atomic E-state index is 0.0286. The second kappa shape index (κ2) is 10.4. The van der Waals surface area contributed by atoms with E-state index in [2.05, 4.69) is 5.10 Å². The molecule has 1 fully saturated rings. The fraction of sp³-hybridized carbons (Fsp3) is 0.292. The standard InChI is InChI=1S/C24H22Cl2N2O5/c25-17-3-7-20(8-4-17)33-21-12-15(11-18(26)13-21)14-32-19-5-1-16(2-6-19)23(29)28-10-9-22(27-28)24(30)31/h3-4,7-13,16,19H,1-2,5-6,14H2,(H,30,31). The van der Waals surface area contributed by atoms with Crippen molar-refractivity contribution >= 4 is 35.1 Å². The maximum atomic E-state index is 12.6. The number of aromatic carboxylic acids is 1. The summed E-state index contributed by atoms with van der Waals surface area (Å²) in [6.45, 7) is 0.377. The molecule has 1 N–H and O–H groups in total. The van der Waals surface area contributed by atoms with Crippen molar-refractivity contribution in [3.05, 3.63) is 76.0 Å². The minimum atomic E-state index is -1.15. The van der Waals surface area contributed by atoms with E-state index in [1.807, 2.05) is 12.1 Å². The first-order chi connectivity index (χ1) is 15.9. The van der Waals surface area contributed by atoms with Crippen molar-refractivity contribution in [3.8, 4) is 11.5 Å². The van der Waals surface area contributed by atoms with Crippen LogP contribution in [-0.4, -0.2) is 32.9 Å². The van der Waals surface area contributed by atoms with Gasteiger partial charge < -0.3 is 14.6 Å². The molecule has 172 valence electrons. The van der Waals surface area contributed by atoms with Gasteiger partial charge in [-0.1, -0.05) is 23.2 Å². The quantitative estimate of drug-likeness (QED) is 0.432. The lowest BCUT2D eigenvalue weighted by molar-refractivity contribution is 0.00677. The van der Waals surface area contributed by atoms with Gasteiger partial charge in [-0.05, 0) is 79.8 Å². The first-order valence-electron chi connectivity index (χ1n) is 10.5. The molecule has 33 heavy (non-hydrogen) atoms. The average molecular weight is 489 g/mol. The Hall–Kier alpha value is -2.87. The van der Waals surface area contributed by atoms with Gasteiger partial charge in [0.15, 0.2) is 5.69 Å². The van der Waals surface area contributed by atoms with Gasteiger partial charge in [-0.25, -0.2) is 9.48 Å². The van der Waals surface area contributed by atoms with Gasteiger partial charge in [-0.2, -0.15) is 5.10 Å². The Morgan fingerprint density at radius 3 is 2.36 bits per heavy atom. The van der Waals surface area contributed by atoms with Gasteiger partial charge in [0.2, 0.25) is 5.91 Å². The molecular formula is C24H22Cl2N2O5. The third-order valence-corrected chi connectivity index (χ3v) is 5.99. The fourth-order valence-electron chi connectivity index (χ4n) is 3.84. The number of halogens is 2. The predicted octanol–water partition coefficient (Wildman–Crippen LogP) is 6.10. The smallest absolute Gasteiger partial charge is 0.356 e. The highest BCUT2D eigenvalue weighted by atomic mass is 35.5. The van der Waals surface area contributed by atoms with E-state index in [0.717, 1.165) is 23.1 Å². The molecule has 1 saturated carbocycles. The van der Waals surface area contributed by atoms with Crippen LogP contribution in [0.15, 0.2) is 54.7 Å². The maximum absolute atomic E-state index is 12.6. The first kappa shape index (κ1) is 23.3. The van der Waals surface area contributed by atoms with Crippen molar-refractivity contribution in [1.29, 1.82) is 0 Å². The number of carboxylic acid groups (broad SMARTS) is 1. The van der Waals surface area contributed by atoms with E-state index in [4.69, 9.17) is 37.8 Å². The van der Waals surface area contributed by atoms with Gasteiger partial charge in [0.05, 0.1) is 12.7 Å². The molecule has 9 heteroatoms. The molecule has 1 aliphatic rings. The molecule has 0 saturated heterocycles. The molecule has 2 aromatic carbocycles. The number of rotatable bonds is 7. The van der Waals surface area contributed by atoms with E-state index in [1.54, 1.807) is 30.3 Å². The number of ether oxygens (including phenoxy) is 2. The SMILES string of the molecule is O=C(O)c1ccn(C(=O)C2CCC(OCc3cc(Cl)cc(Oc4ccc(Cl)cc4)c3)CC2)n1. The van der Waals surface area contributed by atoms with Gasteiger partial charge in [0.1, 0.15) is 11.5 Å². The summed E-state index contributed by atoms with van der Waals surface area (Å²) in [6, 6.07) is 13.9. The highest BCUT2D eigenvalue weighted by Crippen LogP contribution is 2.30. The van der Waals surface area contributed by atoms with Crippen LogP contribution < -0.4 is 4.74 Å². The Morgan fingerprint density at radius 2 is 1.70 bits per heavy atom. The van der Waals surface area contributed by atoms with Gasteiger partial charge in [-0.15, -0.1) is 0 Å². The Bertz CT molecular complexity index is 1140. The van der Waals surface area contributed by atoms with Crippen molar-refractivity contribution < 1.29 is 24.2 Å². The lowest BCUT2D eigenvalue weighted by atomic mass is 9.87. The molecule has 0 spiro atoms. The molecule has 0 aliphatic heterocycles. The molecule has 1 heterocycles. The van der Waals surface area contributed by atoms with Crippen LogP contribution in [0.3, 0.4) is 0 Å². The molecule has 1 aromatic heterocycles. The van der Waals surface area contributed by atoms with Crippen molar-refractivity contribution in [2.24, 2.45) is 5.92 Å². The zero-order chi connectivity index (χ0) is 23.4. The van der Waals surface area contributed by atoms with Crippen LogP contribution >= 0.6 is 23.2 Å². The van der Waals surface area contributed by atoms with E-state index in [0.29, 0.717) is 41.0 Å². The number of hydrogen-bond donors (Lipinski definition) is 1. The second-order valence-electron chi connectivity index (χ2n) is 7.92. The molecule has 7 nitrogen and oxygen atoms in total. The van der Waals surface area contributed by atoms with Crippen molar-refractivity contribution in [1.82, 2.24) is 9.78 Å². The lowest BCUT2D eigenvalue weighted by Crippen LogP contribution is -2.29. The average Bonchev–Trinajstić information content (AvgIpc) is 3.30. The number of carboxylic acids is 1. The number of carbonyl (C=O) groups excluding carboxylic acids is 1. The highest BCUT2D eigenvalue weighted by molar-refractivity contribution is 6.31. The van der Waals surface area contributed by atoms with Gasteiger partial charge >= 0.3 is 5.97 Å². The predicted molar refractivity (Wildman–Crippen MR) is 123 cm³/mol. The largest absolute Gasteiger partial charge is 0.476 e. The van der Waals surface area contributed by atoms with Crippen LogP contribution in [0.1, 0.15) is 46.5 Å². The monoisotopic (exact) mass is 488 g/mol. The molecule has 0 unspecified atom stereocenters. The molecule has 3 aromatic rings. The highest BCUT2D eigenvalue weighted by Gasteiger charge is 2.28. The van der Waals surface area contributed by atoms with Crippen molar-refractivity contribution in [2.45, 2.75) is 38.4 Å². The van der Waals surface area contributed by atoms with E-state index in [9.17, 15) is 9.59 Å². The molecular weight excluding hydrogens is 467 g/mol. The first-order valence-corrected chi connectivity index (χ1v) is 11.3. The third kappa shape index (κ3) is 6.13. The van der Waals surface area contributed by atoms with Crippen LogP contribution in [0.4, 0.5) is 0 Å². The summed E-state index contributed by atoms with van der Waals surface area (Å²) in [5, 5.41) is 14.0. The third-order valence-electron chi connectivity index (χ3n) is 5.52. The molecule has 0 amide bonds. The molecule has 0 radical (unpaired) electrons. The van der Waals surface area contributed by atoms with Gasteiger partial charge in [-0.3, -0.25) is 4.79 Å². The van der Waals surface area contributed by atoms with E-state index < -0.39 is 5.97 Å². The molecule has 0 atom stereocenters.